The minimum absolute atomic E-state index is 0.0706. The summed E-state index contributed by atoms with van der Waals surface area (Å²) in [6.45, 7) is 4.56. The van der Waals surface area contributed by atoms with Crippen molar-refractivity contribution in [2.45, 2.75) is 32.2 Å². The minimum Gasteiger partial charge on any atom is -0.388 e. The average Bonchev–Trinajstić information content (AvgIpc) is 1.99. The maximum atomic E-state index is 9.56. The lowest BCUT2D eigenvalue weighted by molar-refractivity contribution is -0.164. The third kappa shape index (κ3) is 1.72. The first-order chi connectivity index (χ1) is 5.16. The molecule has 0 bridgehead atoms. The zero-order chi connectivity index (χ0) is 8.43. The molecule has 3 heteroatoms. The number of hydrogen-bond donors (Lipinski definition) is 1. The normalized spacial score (nSPS) is 45.8. The number of methoxy groups -OCH3 is 1. The summed E-state index contributed by atoms with van der Waals surface area (Å²) >= 11 is 0. The number of hydrogen-bond acceptors (Lipinski definition) is 3. The molecule has 3 nitrogen and oxygen atoms in total. The van der Waals surface area contributed by atoms with Gasteiger partial charge in [-0.15, -0.1) is 0 Å². The van der Waals surface area contributed by atoms with Gasteiger partial charge in [-0.05, 0) is 6.92 Å². The van der Waals surface area contributed by atoms with E-state index in [1.807, 2.05) is 13.8 Å². The van der Waals surface area contributed by atoms with Crippen molar-refractivity contribution in [3.8, 4) is 0 Å². The van der Waals surface area contributed by atoms with E-state index in [0.29, 0.717) is 6.61 Å². The highest BCUT2D eigenvalue weighted by atomic mass is 16.5. The molecular formula is C8H16O3. The molecule has 0 aromatic carbocycles. The van der Waals surface area contributed by atoms with E-state index in [2.05, 4.69) is 0 Å². The molecule has 1 heterocycles. The Kier molecular flexibility index (Phi) is 2.87. The summed E-state index contributed by atoms with van der Waals surface area (Å²) in [4.78, 5) is 0. The van der Waals surface area contributed by atoms with Gasteiger partial charge in [-0.1, -0.05) is 6.92 Å². The Labute approximate surface area is 67.3 Å². The molecule has 1 aliphatic heterocycles. The zero-order valence-corrected chi connectivity index (χ0v) is 7.28. The molecule has 1 saturated heterocycles. The second-order valence-electron chi connectivity index (χ2n) is 3.21. The molecule has 0 saturated carbocycles. The van der Waals surface area contributed by atoms with Gasteiger partial charge in [0.2, 0.25) is 0 Å². The van der Waals surface area contributed by atoms with Gasteiger partial charge in [0.05, 0.1) is 18.8 Å². The SMILES string of the molecule is COC1C(C)COC(C)[C@@H]1O. The second-order valence-corrected chi connectivity index (χ2v) is 3.21. The van der Waals surface area contributed by atoms with Gasteiger partial charge in [0.1, 0.15) is 6.10 Å². The van der Waals surface area contributed by atoms with Crippen molar-refractivity contribution in [2.24, 2.45) is 5.92 Å². The Balaban J connectivity index is 2.55. The van der Waals surface area contributed by atoms with Gasteiger partial charge >= 0.3 is 0 Å². The largest absolute Gasteiger partial charge is 0.388 e. The molecule has 0 aliphatic carbocycles. The molecule has 0 amide bonds. The highest BCUT2D eigenvalue weighted by Gasteiger charge is 2.34. The molecule has 4 atom stereocenters. The summed E-state index contributed by atoms with van der Waals surface area (Å²) in [6.07, 6.45) is -0.654. The highest BCUT2D eigenvalue weighted by molar-refractivity contribution is 4.83. The van der Waals surface area contributed by atoms with Crippen molar-refractivity contribution in [1.82, 2.24) is 0 Å². The molecule has 1 rings (SSSR count). The van der Waals surface area contributed by atoms with Gasteiger partial charge in [-0.25, -0.2) is 0 Å². The quantitative estimate of drug-likeness (QED) is 0.604. The van der Waals surface area contributed by atoms with Crippen LogP contribution in [0, 0.1) is 5.92 Å². The van der Waals surface area contributed by atoms with Crippen LogP contribution in [-0.2, 0) is 9.47 Å². The van der Waals surface area contributed by atoms with Crippen LogP contribution in [0.3, 0.4) is 0 Å². The lowest BCUT2D eigenvalue weighted by Gasteiger charge is -2.36. The van der Waals surface area contributed by atoms with E-state index in [1.165, 1.54) is 0 Å². The maximum Gasteiger partial charge on any atom is 0.106 e. The molecule has 1 aliphatic rings. The Morgan fingerprint density at radius 2 is 2.09 bits per heavy atom. The predicted molar refractivity (Wildman–Crippen MR) is 41.4 cm³/mol. The fourth-order valence-electron chi connectivity index (χ4n) is 1.47. The Morgan fingerprint density at radius 3 is 2.55 bits per heavy atom. The molecule has 1 fully saturated rings. The van der Waals surface area contributed by atoms with E-state index in [9.17, 15) is 5.11 Å². The molecule has 11 heavy (non-hydrogen) atoms. The van der Waals surface area contributed by atoms with Crippen LogP contribution in [0.5, 0.6) is 0 Å². The molecular weight excluding hydrogens is 144 g/mol. The number of aliphatic hydroxyl groups is 1. The van der Waals surface area contributed by atoms with Crippen LogP contribution in [0.25, 0.3) is 0 Å². The monoisotopic (exact) mass is 160 g/mol. The molecule has 66 valence electrons. The van der Waals surface area contributed by atoms with E-state index in [1.54, 1.807) is 7.11 Å². The van der Waals surface area contributed by atoms with E-state index in [0.717, 1.165) is 0 Å². The van der Waals surface area contributed by atoms with Crippen LogP contribution < -0.4 is 0 Å². The van der Waals surface area contributed by atoms with E-state index < -0.39 is 6.10 Å². The summed E-state index contributed by atoms with van der Waals surface area (Å²) in [6, 6.07) is 0. The zero-order valence-electron chi connectivity index (χ0n) is 7.28. The first-order valence-electron chi connectivity index (χ1n) is 3.99. The summed E-state index contributed by atoms with van der Waals surface area (Å²) < 4.78 is 10.5. The molecule has 0 spiro atoms. The molecule has 0 aromatic rings. The topological polar surface area (TPSA) is 38.7 Å². The van der Waals surface area contributed by atoms with Gasteiger partial charge in [0.25, 0.3) is 0 Å². The van der Waals surface area contributed by atoms with Crippen LogP contribution in [-0.4, -0.2) is 37.1 Å². The molecule has 1 N–H and O–H groups in total. The van der Waals surface area contributed by atoms with E-state index in [4.69, 9.17) is 9.47 Å². The molecule has 0 radical (unpaired) electrons. The van der Waals surface area contributed by atoms with Crippen molar-refractivity contribution >= 4 is 0 Å². The average molecular weight is 160 g/mol. The van der Waals surface area contributed by atoms with Crippen molar-refractivity contribution in [3.05, 3.63) is 0 Å². The van der Waals surface area contributed by atoms with Crippen LogP contribution >= 0.6 is 0 Å². The van der Waals surface area contributed by atoms with Crippen molar-refractivity contribution in [2.75, 3.05) is 13.7 Å². The van der Waals surface area contributed by atoms with Gasteiger partial charge < -0.3 is 14.6 Å². The summed E-state index contributed by atoms with van der Waals surface area (Å²) in [5, 5.41) is 9.56. The molecule has 0 aromatic heterocycles. The summed E-state index contributed by atoms with van der Waals surface area (Å²) in [5.41, 5.74) is 0. The summed E-state index contributed by atoms with van der Waals surface area (Å²) in [5.74, 6) is 0.284. The fourth-order valence-corrected chi connectivity index (χ4v) is 1.47. The first-order valence-corrected chi connectivity index (χ1v) is 3.99. The van der Waals surface area contributed by atoms with E-state index in [-0.39, 0.29) is 18.1 Å². The number of aliphatic hydroxyl groups excluding tert-OH is 1. The fraction of sp³-hybridized carbons (Fsp3) is 1.00. The number of rotatable bonds is 1. The van der Waals surface area contributed by atoms with Gasteiger partial charge in [0.15, 0.2) is 0 Å². The second kappa shape index (κ2) is 3.52. The third-order valence-electron chi connectivity index (χ3n) is 2.27. The standard InChI is InChI=1S/C8H16O3/c1-5-4-11-6(2)7(9)8(5)10-3/h5-9H,4H2,1-3H3/t5?,6?,7-,8?/m0/s1. The van der Waals surface area contributed by atoms with Crippen molar-refractivity contribution in [3.63, 3.8) is 0 Å². The van der Waals surface area contributed by atoms with Crippen molar-refractivity contribution < 1.29 is 14.6 Å². The van der Waals surface area contributed by atoms with Gasteiger partial charge in [-0.3, -0.25) is 0 Å². The van der Waals surface area contributed by atoms with Crippen molar-refractivity contribution in [1.29, 1.82) is 0 Å². The first kappa shape index (κ1) is 8.97. The van der Waals surface area contributed by atoms with Gasteiger partial charge in [-0.2, -0.15) is 0 Å². The third-order valence-corrected chi connectivity index (χ3v) is 2.27. The Bertz CT molecular complexity index is 127. The smallest absolute Gasteiger partial charge is 0.106 e. The predicted octanol–water partition coefficient (Wildman–Crippen LogP) is 0.417. The van der Waals surface area contributed by atoms with Gasteiger partial charge in [0, 0.05) is 13.0 Å². The minimum atomic E-state index is -0.483. The van der Waals surface area contributed by atoms with E-state index >= 15 is 0 Å². The van der Waals surface area contributed by atoms with Crippen LogP contribution in [0.15, 0.2) is 0 Å². The van der Waals surface area contributed by atoms with Crippen LogP contribution in [0.4, 0.5) is 0 Å². The van der Waals surface area contributed by atoms with Crippen LogP contribution in [0.1, 0.15) is 13.8 Å². The Hall–Kier alpha value is -0.120. The Morgan fingerprint density at radius 1 is 1.45 bits per heavy atom. The molecule has 3 unspecified atom stereocenters. The lowest BCUT2D eigenvalue weighted by Crippen LogP contribution is -2.48. The van der Waals surface area contributed by atoms with Crippen LogP contribution in [0.2, 0.25) is 0 Å². The lowest BCUT2D eigenvalue weighted by atomic mass is 9.94. The highest BCUT2D eigenvalue weighted by Crippen LogP contribution is 2.21. The maximum absolute atomic E-state index is 9.56. The summed E-state index contributed by atoms with van der Waals surface area (Å²) in [7, 11) is 1.63. The number of ether oxygens (including phenoxy) is 2.